The highest BCUT2D eigenvalue weighted by Gasteiger charge is 2.30. The van der Waals surface area contributed by atoms with E-state index in [0.717, 1.165) is 51.2 Å². The molecule has 3 aromatic rings. The molecule has 0 spiro atoms. The van der Waals surface area contributed by atoms with Gasteiger partial charge in [0.05, 0.1) is 18.8 Å². The number of nitrogens with two attached hydrogens (primary N) is 1. The van der Waals surface area contributed by atoms with E-state index in [0.29, 0.717) is 19.1 Å². The van der Waals surface area contributed by atoms with E-state index >= 15 is 0 Å². The highest BCUT2D eigenvalue weighted by atomic mass is 35.5. The fourth-order valence-electron chi connectivity index (χ4n) is 5.15. The number of amides is 3. The van der Waals surface area contributed by atoms with Crippen LogP contribution in [0.3, 0.4) is 0 Å². The first-order valence-electron chi connectivity index (χ1n) is 14.0. The van der Waals surface area contributed by atoms with Crippen molar-refractivity contribution in [3.63, 3.8) is 0 Å². The zero-order valence-electron chi connectivity index (χ0n) is 24.3. The molecule has 1 atom stereocenters. The van der Waals surface area contributed by atoms with Crippen molar-refractivity contribution in [2.24, 2.45) is 5.92 Å². The van der Waals surface area contributed by atoms with Crippen LogP contribution >= 0.6 is 11.6 Å². The summed E-state index contributed by atoms with van der Waals surface area (Å²) in [5.74, 6) is -0.375. The van der Waals surface area contributed by atoms with Crippen LogP contribution in [0.2, 0.25) is 5.02 Å². The zero-order valence-corrected chi connectivity index (χ0v) is 25.1. The van der Waals surface area contributed by atoms with Crippen LogP contribution in [0, 0.1) is 5.92 Å². The fraction of sp³-hybridized carbons (Fsp3) is 0.571. The number of halogens is 1. The van der Waals surface area contributed by atoms with Crippen molar-refractivity contribution in [2.45, 2.75) is 38.9 Å². The number of rotatable bonds is 7. The highest BCUT2D eigenvalue weighted by molar-refractivity contribution is 6.38. The van der Waals surface area contributed by atoms with Crippen LogP contribution in [-0.2, 0) is 4.74 Å². The van der Waals surface area contributed by atoms with Crippen molar-refractivity contribution in [3.8, 4) is 5.75 Å². The minimum Gasteiger partial charge on any atom is -0.486 e. The third-order valence-electron chi connectivity index (χ3n) is 7.18. The van der Waals surface area contributed by atoms with Crippen molar-refractivity contribution in [2.75, 3.05) is 65.7 Å². The SMILES string of the molecule is CC(C)Oc1c(C(=O)NCC2CN(CC3CCN(C(=O)N(C)C)CC3)CCO2)c2oc(=O)ccc(=O)oc1c(N)c2Cl. The minimum atomic E-state index is -0.949. The van der Waals surface area contributed by atoms with Gasteiger partial charge >= 0.3 is 17.3 Å². The molecule has 230 valence electrons. The number of nitrogens with zero attached hydrogens (tertiary/aromatic N) is 3. The Bertz CT molecular complexity index is 1450. The Labute approximate surface area is 248 Å². The molecule has 1 unspecified atom stereocenters. The summed E-state index contributed by atoms with van der Waals surface area (Å²) in [5.41, 5.74) is 3.27. The monoisotopic (exact) mass is 607 g/mol. The molecule has 2 bridgehead atoms. The number of ether oxygens (including phenoxy) is 2. The van der Waals surface area contributed by atoms with E-state index in [-0.39, 0.29) is 51.9 Å². The molecule has 3 N–H and O–H groups in total. The number of urea groups is 1. The Morgan fingerprint density at radius 2 is 1.76 bits per heavy atom. The first-order valence-corrected chi connectivity index (χ1v) is 14.3. The molecule has 5 rings (SSSR count). The smallest absolute Gasteiger partial charge is 0.336 e. The van der Waals surface area contributed by atoms with E-state index < -0.39 is 23.3 Å². The minimum absolute atomic E-state index is 0.0387. The maximum Gasteiger partial charge on any atom is 0.336 e. The molecular weight excluding hydrogens is 570 g/mol. The van der Waals surface area contributed by atoms with Crippen molar-refractivity contribution >= 4 is 40.4 Å². The second-order valence-electron chi connectivity index (χ2n) is 11.0. The number of carbonyl (C=O) groups excluding carboxylic acids is 2. The fourth-order valence-corrected chi connectivity index (χ4v) is 5.37. The molecule has 42 heavy (non-hydrogen) atoms. The summed E-state index contributed by atoms with van der Waals surface area (Å²) in [7, 11) is 3.52. The molecule has 2 aliphatic heterocycles. The number of hydrogen-bond acceptors (Lipinski definition) is 10. The summed E-state index contributed by atoms with van der Waals surface area (Å²) < 4.78 is 22.5. The van der Waals surface area contributed by atoms with E-state index in [1.807, 2.05) is 4.90 Å². The second-order valence-corrected chi connectivity index (χ2v) is 11.4. The number of nitrogen functional groups attached to an aromatic ring is 1. The van der Waals surface area contributed by atoms with Gasteiger partial charge in [-0.3, -0.25) is 9.69 Å². The predicted octanol–water partition coefficient (Wildman–Crippen LogP) is 2.16. The van der Waals surface area contributed by atoms with Crippen molar-refractivity contribution in [1.29, 1.82) is 0 Å². The van der Waals surface area contributed by atoms with Gasteiger partial charge in [-0.2, -0.15) is 0 Å². The van der Waals surface area contributed by atoms with Crippen LogP contribution in [0.15, 0.2) is 30.6 Å². The standard InChI is InChI=1S/C28H38ClN5O8/c1-16(2)40-25-21(24-22(29)23(30)26(25)42-20(36)6-5-19(35)41-24)27(37)31-13-18-15-33(11-12-39-18)14-17-7-9-34(10-8-17)28(38)32(3)4/h5-6,16-18H,7-15,30H2,1-4H3,(H,31,37). The van der Waals surface area contributed by atoms with Gasteiger partial charge in [0.1, 0.15) is 16.3 Å². The maximum atomic E-state index is 13.6. The Morgan fingerprint density at radius 3 is 2.38 bits per heavy atom. The number of anilines is 1. The second kappa shape index (κ2) is 13.6. The molecule has 1 aromatic carbocycles. The number of piperidine rings is 1. The van der Waals surface area contributed by atoms with Gasteiger partial charge in [0.25, 0.3) is 5.91 Å². The van der Waals surface area contributed by atoms with Crippen LogP contribution in [0.4, 0.5) is 10.5 Å². The molecule has 2 aliphatic rings. The molecule has 0 saturated carbocycles. The molecule has 2 fully saturated rings. The Morgan fingerprint density at radius 1 is 1.12 bits per heavy atom. The van der Waals surface area contributed by atoms with E-state index in [4.69, 9.17) is 35.6 Å². The van der Waals surface area contributed by atoms with Gasteiger partial charge in [0, 0.05) is 65.5 Å². The van der Waals surface area contributed by atoms with Gasteiger partial charge in [0.2, 0.25) is 0 Å². The summed E-state index contributed by atoms with van der Waals surface area (Å²) in [4.78, 5) is 56.3. The lowest BCUT2D eigenvalue weighted by molar-refractivity contribution is -0.0331. The van der Waals surface area contributed by atoms with E-state index in [1.54, 1.807) is 32.8 Å². The van der Waals surface area contributed by atoms with E-state index in [1.165, 1.54) is 0 Å². The third-order valence-corrected chi connectivity index (χ3v) is 7.55. The molecule has 2 saturated heterocycles. The first kappa shape index (κ1) is 31.4. The Kier molecular flexibility index (Phi) is 10.2. The normalized spacial score (nSPS) is 18.2. The van der Waals surface area contributed by atoms with Gasteiger partial charge in [-0.05, 0) is 32.6 Å². The quantitative estimate of drug-likeness (QED) is 0.446. The molecular formula is C28H38ClN5O8. The van der Waals surface area contributed by atoms with Gasteiger partial charge in [-0.15, -0.1) is 0 Å². The molecule has 0 aliphatic carbocycles. The van der Waals surface area contributed by atoms with Crippen molar-refractivity contribution in [3.05, 3.63) is 43.6 Å². The number of hydrogen-bond donors (Lipinski definition) is 2. The number of nitrogens with one attached hydrogen (secondary N) is 1. The first-order chi connectivity index (χ1) is 19.9. The summed E-state index contributed by atoms with van der Waals surface area (Å²) in [6.07, 6.45) is 1.10. The molecule has 13 nitrogen and oxygen atoms in total. The molecule has 4 heterocycles. The highest BCUT2D eigenvalue weighted by Crippen LogP contribution is 2.40. The molecule has 2 aromatic heterocycles. The maximum absolute atomic E-state index is 13.6. The lowest BCUT2D eigenvalue weighted by Crippen LogP contribution is -2.50. The number of fused-ring (bicyclic) bond motifs is 7. The molecule has 0 radical (unpaired) electrons. The van der Waals surface area contributed by atoms with E-state index in [2.05, 4.69) is 10.2 Å². The Hall–Kier alpha value is -3.55. The van der Waals surface area contributed by atoms with Gasteiger partial charge in [-0.25, -0.2) is 14.4 Å². The van der Waals surface area contributed by atoms with Crippen molar-refractivity contribution < 1.29 is 27.9 Å². The lowest BCUT2D eigenvalue weighted by Gasteiger charge is -2.38. The molecule has 14 heteroatoms. The van der Waals surface area contributed by atoms with Crippen LogP contribution in [-0.4, -0.2) is 98.8 Å². The van der Waals surface area contributed by atoms with Crippen LogP contribution in [0.5, 0.6) is 5.75 Å². The van der Waals surface area contributed by atoms with Crippen LogP contribution in [0.25, 0.3) is 11.2 Å². The lowest BCUT2D eigenvalue weighted by atomic mass is 9.96. The van der Waals surface area contributed by atoms with Gasteiger partial charge in [0.15, 0.2) is 16.9 Å². The van der Waals surface area contributed by atoms with Gasteiger partial charge < -0.3 is 39.2 Å². The third kappa shape index (κ3) is 7.44. The van der Waals surface area contributed by atoms with Gasteiger partial charge in [-0.1, -0.05) is 11.6 Å². The average molecular weight is 608 g/mol. The average Bonchev–Trinajstić information content (AvgIpc) is 2.95. The number of carbonyl (C=O) groups is 2. The largest absolute Gasteiger partial charge is 0.486 e. The zero-order chi connectivity index (χ0) is 30.6. The van der Waals surface area contributed by atoms with Crippen molar-refractivity contribution in [1.82, 2.24) is 20.0 Å². The Balaban J connectivity index is 1.50. The predicted molar refractivity (Wildman–Crippen MR) is 157 cm³/mol. The van der Waals surface area contributed by atoms with Crippen LogP contribution in [0.1, 0.15) is 37.0 Å². The molecule has 3 amide bonds. The summed E-state index contributed by atoms with van der Waals surface area (Å²) in [5, 5.41) is 2.56. The number of benzene rings is 1. The topological polar surface area (TPSA) is 161 Å². The van der Waals surface area contributed by atoms with Crippen LogP contribution < -0.4 is 27.0 Å². The van der Waals surface area contributed by atoms with E-state index in [9.17, 15) is 19.2 Å². The number of morpholine rings is 1. The number of likely N-dealkylation sites (tertiary alicyclic amines) is 1. The summed E-state index contributed by atoms with van der Waals surface area (Å²) in [6, 6.07) is 1.78. The summed E-state index contributed by atoms with van der Waals surface area (Å²) in [6.45, 7) is 7.79. The summed E-state index contributed by atoms with van der Waals surface area (Å²) >= 11 is 6.40.